The van der Waals surface area contributed by atoms with Gasteiger partial charge in [-0.05, 0) is 43.0 Å². The lowest BCUT2D eigenvalue weighted by atomic mass is 9.75. The maximum Gasteiger partial charge on any atom is 0.232 e. The van der Waals surface area contributed by atoms with E-state index in [4.69, 9.17) is 10.5 Å². The molecule has 1 amide bonds. The van der Waals surface area contributed by atoms with Crippen molar-refractivity contribution in [3.05, 3.63) is 34.4 Å². The van der Waals surface area contributed by atoms with Crippen LogP contribution in [0.1, 0.15) is 22.3 Å². The molecule has 16 heavy (non-hydrogen) atoms. The lowest BCUT2D eigenvalue weighted by Crippen LogP contribution is -2.56. The van der Waals surface area contributed by atoms with Crippen molar-refractivity contribution in [2.24, 2.45) is 5.73 Å². The van der Waals surface area contributed by atoms with Crippen molar-refractivity contribution < 1.29 is 9.53 Å². The fraction of sp³-hybridized carbons (Fsp3) is 0.462. The zero-order valence-electron chi connectivity index (χ0n) is 9.96. The van der Waals surface area contributed by atoms with Crippen molar-refractivity contribution >= 4 is 5.91 Å². The Hall–Kier alpha value is -1.35. The molecule has 1 saturated heterocycles. The van der Waals surface area contributed by atoms with E-state index in [-0.39, 0.29) is 5.91 Å². The fourth-order valence-electron chi connectivity index (χ4n) is 2.21. The monoisotopic (exact) mass is 219 g/mol. The van der Waals surface area contributed by atoms with Gasteiger partial charge in [0.25, 0.3) is 0 Å². The maximum absolute atomic E-state index is 11.6. The quantitative estimate of drug-likeness (QED) is 0.816. The van der Waals surface area contributed by atoms with Gasteiger partial charge in [-0.3, -0.25) is 4.79 Å². The van der Waals surface area contributed by atoms with Crippen LogP contribution in [0.25, 0.3) is 0 Å². The molecule has 0 aromatic heterocycles. The van der Waals surface area contributed by atoms with Crippen LogP contribution < -0.4 is 5.73 Å². The van der Waals surface area contributed by atoms with Gasteiger partial charge in [0, 0.05) is 0 Å². The SMILES string of the molecule is Cc1cc(C)c(C2(C(N)=O)COC2)cc1C. The molecule has 3 nitrogen and oxygen atoms in total. The molecule has 86 valence electrons. The molecule has 1 fully saturated rings. The Morgan fingerprint density at radius 3 is 2.19 bits per heavy atom. The predicted molar refractivity (Wildman–Crippen MR) is 62.3 cm³/mol. The highest BCUT2D eigenvalue weighted by Crippen LogP contribution is 2.35. The molecule has 1 aromatic rings. The molecule has 0 radical (unpaired) electrons. The van der Waals surface area contributed by atoms with Gasteiger partial charge >= 0.3 is 0 Å². The van der Waals surface area contributed by atoms with Crippen molar-refractivity contribution in [3.8, 4) is 0 Å². The molecule has 1 heterocycles. The Morgan fingerprint density at radius 1 is 1.19 bits per heavy atom. The number of benzene rings is 1. The van der Waals surface area contributed by atoms with Crippen LogP contribution >= 0.6 is 0 Å². The van der Waals surface area contributed by atoms with Crippen LogP contribution in [0.15, 0.2) is 12.1 Å². The lowest BCUT2D eigenvalue weighted by Gasteiger charge is -2.40. The molecule has 3 heteroatoms. The molecule has 2 N–H and O–H groups in total. The molecule has 0 spiro atoms. The molecule has 1 aromatic carbocycles. The number of hydrogen-bond acceptors (Lipinski definition) is 2. The van der Waals surface area contributed by atoms with Crippen molar-refractivity contribution in [1.82, 2.24) is 0 Å². The Labute approximate surface area is 95.6 Å². The second-order valence-electron chi connectivity index (χ2n) is 4.69. The minimum Gasteiger partial charge on any atom is -0.378 e. The first-order valence-electron chi connectivity index (χ1n) is 5.43. The number of hydrogen-bond donors (Lipinski definition) is 1. The molecule has 0 bridgehead atoms. The van der Waals surface area contributed by atoms with Crippen LogP contribution in [-0.4, -0.2) is 19.1 Å². The summed E-state index contributed by atoms with van der Waals surface area (Å²) in [5.41, 5.74) is 9.47. The molecule has 1 aliphatic rings. The van der Waals surface area contributed by atoms with Crippen molar-refractivity contribution in [2.75, 3.05) is 13.2 Å². The third kappa shape index (κ3) is 1.43. The number of amides is 1. The van der Waals surface area contributed by atoms with E-state index < -0.39 is 5.41 Å². The summed E-state index contributed by atoms with van der Waals surface area (Å²) >= 11 is 0. The first kappa shape index (κ1) is 11.1. The zero-order chi connectivity index (χ0) is 11.9. The summed E-state index contributed by atoms with van der Waals surface area (Å²) in [6.07, 6.45) is 0. The predicted octanol–water partition coefficient (Wildman–Crippen LogP) is 1.37. The van der Waals surface area contributed by atoms with Crippen molar-refractivity contribution in [3.63, 3.8) is 0 Å². The van der Waals surface area contributed by atoms with Gasteiger partial charge in [-0.15, -0.1) is 0 Å². The summed E-state index contributed by atoms with van der Waals surface area (Å²) in [6, 6.07) is 4.17. The number of carbonyl (C=O) groups excluding carboxylic acids is 1. The molecule has 2 rings (SSSR count). The molecular formula is C13H17NO2. The number of nitrogens with two attached hydrogens (primary N) is 1. The lowest BCUT2D eigenvalue weighted by molar-refractivity contribution is -0.141. The Kier molecular flexibility index (Phi) is 2.50. The minimum atomic E-state index is -0.595. The minimum absolute atomic E-state index is 0.287. The van der Waals surface area contributed by atoms with Gasteiger partial charge < -0.3 is 10.5 Å². The average Bonchev–Trinajstić information content (AvgIpc) is 2.11. The van der Waals surface area contributed by atoms with E-state index in [2.05, 4.69) is 19.1 Å². The number of carbonyl (C=O) groups is 1. The summed E-state index contributed by atoms with van der Waals surface area (Å²) in [5, 5.41) is 0. The van der Waals surface area contributed by atoms with E-state index in [1.165, 1.54) is 11.1 Å². The summed E-state index contributed by atoms with van der Waals surface area (Å²) in [5.74, 6) is -0.287. The van der Waals surface area contributed by atoms with Gasteiger partial charge in [0.15, 0.2) is 0 Å². The van der Waals surface area contributed by atoms with Crippen LogP contribution in [0.2, 0.25) is 0 Å². The second-order valence-corrected chi connectivity index (χ2v) is 4.69. The summed E-state index contributed by atoms with van der Waals surface area (Å²) < 4.78 is 5.18. The largest absolute Gasteiger partial charge is 0.378 e. The number of ether oxygens (including phenoxy) is 1. The van der Waals surface area contributed by atoms with Crippen LogP contribution in [0.5, 0.6) is 0 Å². The van der Waals surface area contributed by atoms with Crippen molar-refractivity contribution in [2.45, 2.75) is 26.2 Å². The first-order valence-corrected chi connectivity index (χ1v) is 5.43. The molecule has 0 atom stereocenters. The second kappa shape index (κ2) is 3.59. The van der Waals surface area contributed by atoms with Crippen molar-refractivity contribution in [1.29, 1.82) is 0 Å². The van der Waals surface area contributed by atoms with Gasteiger partial charge in [0.05, 0.1) is 13.2 Å². The average molecular weight is 219 g/mol. The Morgan fingerprint density at radius 2 is 1.75 bits per heavy atom. The molecule has 1 aliphatic heterocycles. The topological polar surface area (TPSA) is 52.3 Å². The normalized spacial score (nSPS) is 17.9. The van der Waals surface area contributed by atoms with Crippen LogP contribution in [0.3, 0.4) is 0 Å². The Bertz CT molecular complexity index is 447. The van der Waals surface area contributed by atoms with Gasteiger partial charge in [0.2, 0.25) is 5.91 Å². The van der Waals surface area contributed by atoms with E-state index in [9.17, 15) is 4.79 Å². The van der Waals surface area contributed by atoms with Crippen LogP contribution in [0.4, 0.5) is 0 Å². The highest BCUT2D eigenvalue weighted by atomic mass is 16.5. The summed E-state index contributed by atoms with van der Waals surface area (Å²) in [4.78, 5) is 11.6. The summed E-state index contributed by atoms with van der Waals surface area (Å²) in [7, 11) is 0. The first-order chi connectivity index (χ1) is 7.47. The highest BCUT2D eigenvalue weighted by molar-refractivity contribution is 5.88. The van der Waals surface area contributed by atoms with Gasteiger partial charge in [-0.2, -0.15) is 0 Å². The number of primary amides is 1. The Balaban J connectivity index is 2.55. The zero-order valence-corrected chi connectivity index (χ0v) is 9.96. The van der Waals surface area contributed by atoms with E-state index in [1.54, 1.807) is 0 Å². The number of aryl methyl sites for hydroxylation is 3. The maximum atomic E-state index is 11.6. The van der Waals surface area contributed by atoms with Gasteiger partial charge in [-0.1, -0.05) is 12.1 Å². The molecular weight excluding hydrogens is 202 g/mol. The molecule has 0 saturated carbocycles. The fourth-order valence-corrected chi connectivity index (χ4v) is 2.21. The molecule has 0 aliphatic carbocycles. The van der Waals surface area contributed by atoms with E-state index in [0.29, 0.717) is 13.2 Å². The van der Waals surface area contributed by atoms with E-state index in [1.807, 2.05) is 13.8 Å². The van der Waals surface area contributed by atoms with Crippen LogP contribution in [0, 0.1) is 20.8 Å². The van der Waals surface area contributed by atoms with E-state index >= 15 is 0 Å². The van der Waals surface area contributed by atoms with E-state index in [0.717, 1.165) is 11.1 Å². The highest BCUT2D eigenvalue weighted by Gasteiger charge is 2.47. The smallest absolute Gasteiger partial charge is 0.232 e. The van der Waals surface area contributed by atoms with Gasteiger partial charge in [0.1, 0.15) is 5.41 Å². The third-order valence-corrected chi connectivity index (χ3v) is 3.52. The third-order valence-electron chi connectivity index (χ3n) is 3.52. The number of rotatable bonds is 2. The van der Waals surface area contributed by atoms with Gasteiger partial charge in [-0.25, -0.2) is 0 Å². The van der Waals surface area contributed by atoms with Crippen LogP contribution in [-0.2, 0) is 14.9 Å². The standard InChI is InChI=1S/C13H17NO2/c1-8-4-10(3)11(5-9(8)2)13(12(14)15)6-16-7-13/h4-5H,6-7H2,1-3H3,(H2,14,15). The molecule has 0 unspecified atom stereocenters. The summed E-state index contributed by atoms with van der Waals surface area (Å²) in [6.45, 7) is 6.95.